The van der Waals surface area contributed by atoms with Gasteiger partial charge in [-0.25, -0.2) is 0 Å². The van der Waals surface area contributed by atoms with Crippen molar-refractivity contribution in [3.8, 4) is 0 Å². The van der Waals surface area contributed by atoms with Gasteiger partial charge in [-0.3, -0.25) is 14.7 Å². The first kappa shape index (κ1) is 21.8. The summed E-state index contributed by atoms with van der Waals surface area (Å²) in [5.74, 6) is 0.843. The summed E-state index contributed by atoms with van der Waals surface area (Å²) in [6.07, 6.45) is 1.96. The van der Waals surface area contributed by atoms with Crippen molar-refractivity contribution in [1.29, 1.82) is 0 Å². The molecule has 30 heavy (non-hydrogen) atoms. The highest BCUT2D eigenvalue weighted by Gasteiger charge is 2.15. The molecule has 160 valence electrons. The monoisotopic (exact) mass is 407 g/mol. The molecule has 1 amide bonds. The molecular formula is C24H33N5O. The Balaban J connectivity index is 1.39. The summed E-state index contributed by atoms with van der Waals surface area (Å²) in [5.41, 5.74) is 4.79. The van der Waals surface area contributed by atoms with Crippen LogP contribution >= 0.6 is 0 Å². The summed E-state index contributed by atoms with van der Waals surface area (Å²) >= 11 is 0. The van der Waals surface area contributed by atoms with Crippen molar-refractivity contribution in [1.82, 2.24) is 20.4 Å². The van der Waals surface area contributed by atoms with Crippen molar-refractivity contribution in [3.63, 3.8) is 0 Å². The van der Waals surface area contributed by atoms with E-state index in [0.717, 1.165) is 62.7 Å². The number of carbonyl (C=O) groups is 1. The quantitative estimate of drug-likeness (QED) is 0.545. The van der Waals surface area contributed by atoms with Gasteiger partial charge in [-0.15, -0.1) is 0 Å². The number of amides is 1. The molecule has 1 heterocycles. The summed E-state index contributed by atoms with van der Waals surface area (Å²) in [6.45, 7) is 4.73. The van der Waals surface area contributed by atoms with Gasteiger partial charge in [0.2, 0.25) is 0 Å². The lowest BCUT2D eigenvalue weighted by molar-refractivity contribution is 0.0827. The lowest BCUT2D eigenvalue weighted by Gasteiger charge is -2.28. The van der Waals surface area contributed by atoms with Crippen LogP contribution in [0.4, 0.5) is 0 Å². The number of nitrogens with zero attached hydrogens (tertiary/aromatic N) is 3. The fourth-order valence-electron chi connectivity index (χ4n) is 3.74. The zero-order valence-corrected chi connectivity index (χ0v) is 18.3. The number of carbonyl (C=O) groups excluding carboxylic acids is 1. The summed E-state index contributed by atoms with van der Waals surface area (Å²) in [6, 6.07) is 16.5. The normalized spacial score (nSPS) is 14.2. The average molecular weight is 408 g/mol. The Hall–Kier alpha value is -2.86. The van der Waals surface area contributed by atoms with Crippen molar-refractivity contribution in [2.24, 2.45) is 4.99 Å². The van der Waals surface area contributed by atoms with Crippen molar-refractivity contribution < 1.29 is 4.79 Å². The van der Waals surface area contributed by atoms with Crippen LogP contribution in [0.1, 0.15) is 27.0 Å². The molecule has 0 fully saturated rings. The van der Waals surface area contributed by atoms with Crippen LogP contribution in [0.2, 0.25) is 0 Å². The van der Waals surface area contributed by atoms with Gasteiger partial charge in [0.05, 0.1) is 0 Å². The molecule has 6 nitrogen and oxygen atoms in total. The molecule has 2 aromatic rings. The number of hydrogen-bond acceptors (Lipinski definition) is 3. The van der Waals surface area contributed by atoms with E-state index in [1.54, 1.807) is 26.0 Å². The number of rotatable bonds is 7. The van der Waals surface area contributed by atoms with Crippen LogP contribution in [-0.4, -0.2) is 69.0 Å². The van der Waals surface area contributed by atoms with Crippen molar-refractivity contribution in [2.75, 3.05) is 47.3 Å². The standard InChI is InChI=1S/C24H33N5O/c1-25-24(26-13-11-19-7-6-10-21(17-19)23(30)28(2)3)27-14-16-29-15-12-20-8-4-5-9-22(20)18-29/h4-10,17H,11-16,18H2,1-3H3,(H2,25,26,27). The highest BCUT2D eigenvalue weighted by Crippen LogP contribution is 2.17. The molecule has 3 rings (SSSR count). The molecule has 0 aromatic heterocycles. The van der Waals surface area contributed by atoms with Gasteiger partial charge in [0.25, 0.3) is 5.91 Å². The summed E-state index contributed by atoms with van der Waals surface area (Å²) in [4.78, 5) is 20.5. The number of fused-ring (bicyclic) bond motifs is 1. The smallest absolute Gasteiger partial charge is 0.253 e. The molecule has 0 saturated carbocycles. The van der Waals surface area contributed by atoms with Crippen LogP contribution in [0.3, 0.4) is 0 Å². The second-order valence-corrected chi connectivity index (χ2v) is 7.87. The van der Waals surface area contributed by atoms with Gasteiger partial charge in [-0.1, -0.05) is 36.4 Å². The Morgan fingerprint density at radius 3 is 2.60 bits per heavy atom. The average Bonchev–Trinajstić information content (AvgIpc) is 2.77. The minimum atomic E-state index is 0.0302. The van der Waals surface area contributed by atoms with E-state index < -0.39 is 0 Å². The van der Waals surface area contributed by atoms with Gasteiger partial charge in [0.15, 0.2) is 5.96 Å². The summed E-state index contributed by atoms with van der Waals surface area (Å²) < 4.78 is 0. The first-order chi connectivity index (χ1) is 14.6. The van der Waals surface area contributed by atoms with Gasteiger partial charge in [-0.2, -0.15) is 0 Å². The number of nitrogens with one attached hydrogen (secondary N) is 2. The Morgan fingerprint density at radius 1 is 1.07 bits per heavy atom. The molecule has 2 N–H and O–H groups in total. The van der Waals surface area contributed by atoms with Crippen LogP contribution in [0.5, 0.6) is 0 Å². The van der Waals surface area contributed by atoms with Crippen LogP contribution in [-0.2, 0) is 19.4 Å². The van der Waals surface area contributed by atoms with Gasteiger partial charge < -0.3 is 15.5 Å². The zero-order valence-electron chi connectivity index (χ0n) is 18.3. The van der Waals surface area contributed by atoms with E-state index in [-0.39, 0.29) is 5.91 Å². The highest BCUT2D eigenvalue weighted by molar-refractivity contribution is 5.94. The zero-order chi connectivity index (χ0) is 21.3. The first-order valence-corrected chi connectivity index (χ1v) is 10.6. The van der Waals surface area contributed by atoms with Crippen LogP contribution < -0.4 is 10.6 Å². The van der Waals surface area contributed by atoms with Crippen molar-refractivity contribution in [3.05, 3.63) is 70.8 Å². The second kappa shape index (κ2) is 10.8. The molecule has 0 saturated heterocycles. The summed E-state index contributed by atoms with van der Waals surface area (Å²) in [5, 5.41) is 6.78. The van der Waals surface area contributed by atoms with E-state index in [0.29, 0.717) is 0 Å². The molecule has 6 heteroatoms. The third-order valence-corrected chi connectivity index (χ3v) is 5.44. The molecular weight excluding hydrogens is 374 g/mol. The van der Waals surface area contributed by atoms with E-state index in [4.69, 9.17) is 0 Å². The second-order valence-electron chi connectivity index (χ2n) is 7.87. The lowest BCUT2D eigenvalue weighted by atomic mass is 10.00. The SMILES string of the molecule is CN=C(NCCc1cccc(C(=O)N(C)C)c1)NCCN1CCc2ccccc2C1. The van der Waals surface area contributed by atoms with E-state index in [9.17, 15) is 4.79 Å². The minimum Gasteiger partial charge on any atom is -0.356 e. The van der Waals surface area contributed by atoms with Gasteiger partial charge in [-0.05, 0) is 41.7 Å². The van der Waals surface area contributed by atoms with Crippen LogP contribution in [0.15, 0.2) is 53.5 Å². The van der Waals surface area contributed by atoms with Crippen molar-refractivity contribution >= 4 is 11.9 Å². The summed E-state index contributed by atoms with van der Waals surface area (Å²) in [7, 11) is 5.34. The first-order valence-electron chi connectivity index (χ1n) is 10.6. The van der Waals surface area contributed by atoms with E-state index in [1.165, 1.54) is 11.1 Å². The largest absolute Gasteiger partial charge is 0.356 e. The van der Waals surface area contributed by atoms with Gasteiger partial charge in [0.1, 0.15) is 0 Å². The van der Waals surface area contributed by atoms with Gasteiger partial charge in [0, 0.05) is 59.4 Å². The molecule has 0 bridgehead atoms. The Bertz CT molecular complexity index is 877. The molecule has 0 unspecified atom stereocenters. The fourth-order valence-corrected chi connectivity index (χ4v) is 3.74. The van der Waals surface area contributed by atoms with Crippen LogP contribution in [0.25, 0.3) is 0 Å². The maximum Gasteiger partial charge on any atom is 0.253 e. The van der Waals surface area contributed by atoms with Crippen molar-refractivity contribution in [2.45, 2.75) is 19.4 Å². The Labute approximate surface area is 180 Å². The number of aliphatic imine (C=N–C) groups is 1. The Morgan fingerprint density at radius 2 is 1.83 bits per heavy atom. The third kappa shape index (κ3) is 6.07. The van der Waals surface area contributed by atoms with E-state index in [2.05, 4.69) is 50.9 Å². The predicted octanol–water partition coefficient (Wildman–Crippen LogP) is 2.15. The number of benzene rings is 2. The molecule has 0 radical (unpaired) electrons. The third-order valence-electron chi connectivity index (χ3n) is 5.44. The molecule has 1 aliphatic rings. The minimum absolute atomic E-state index is 0.0302. The topological polar surface area (TPSA) is 60.0 Å². The number of hydrogen-bond donors (Lipinski definition) is 2. The molecule has 1 aliphatic heterocycles. The van der Waals surface area contributed by atoms with E-state index in [1.807, 2.05) is 18.2 Å². The Kier molecular flexibility index (Phi) is 7.85. The maximum absolute atomic E-state index is 12.1. The fraction of sp³-hybridized carbons (Fsp3) is 0.417. The highest BCUT2D eigenvalue weighted by atomic mass is 16.2. The number of guanidine groups is 1. The van der Waals surface area contributed by atoms with Crippen LogP contribution in [0, 0.1) is 0 Å². The molecule has 0 atom stereocenters. The molecule has 2 aromatic carbocycles. The van der Waals surface area contributed by atoms with Gasteiger partial charge >= 0.3 is 0 Å². The maximum atomic E-state index is 12.1. The predicted molar refractivity (Wildman–Crippen MR) is 123 cm³/mol. The lowest BCUT2D eigenvalue weighted by Crippen LogP contribution is -2.43. The molecule has 0 spiro atoms. The molecule has 0 aliphatic carbocycles. The van der Waals surface area contributed by atoms with E-state index >= 15 is 0 Å².